The number of aromatic carboxylic acids is 1. The minimum absolute atomic E-state index is 0.00288. The zero-order valence-corrected chi connectivity index (χ0v) is 14.1. The van der Waals surface area contributed by atoms with Gasteiger partial charge in [-0.3, -0.25) is 4.79 Å². The summed E-state index contributed by atoms with van der Waals surface area (Å²) in [6, 6.07) is 1.36. The number of rotatable bonds is 5. The molecule has 2 fully saturated rings. The van der Waals surface area contributed by atoms with Crippen molar-refractivity contribution in [2.75, 3.05) is 56.2 Å². The molecule has 0 bridgehead atoms. The average molecular weight is 349 g/mol. The highest BCUT2D eigenvalue weighted by Gasteiger charge is 2.19. The highest BCUT2D eigenvalue weighted by Crippen LogP contribution is 2.16. The van der Waals surface area contributed by atoms with E-state index in [-0.39, 0.29) is 18.1 Å². The number of carbonyl (C=O) groups excluding carboxylic acids is 1. The number of morpholine rings is 1. The molecule has 0 unspecified atom stereocenters. The SMILES string of the molecule is O=C(O)c1cc(NCC(=O)N2CCCCC2)nc(N2CCOCC2)n1. The molecule has 3 heterocycles. The fraction of sp³-hybridized carbons (Fsp3) is 0.625. The Morgan fingerprint density at radius 2 is 1.84 bits per heavy atom. The van der Waals surface area contributed by atoms with Crippen LogP contribution in [0.2, 0.25) is 0 Å². The number of anilines is 2. The summed E-state index contributed by atoms with van der Waals surface area (Å²) in [6.45, 7) is 3.98. The highest BCUT2D eigenvalue weighted by molar-refractivity contribution is 5.87. The van der Waals surface area contributed by atoms with E-state index in [1.54, 1.807) is 0 Å². The van der Waals surface area contributed by atoms with Gasteiger partial charge in [0, 0.05) is 32.2 Å². The second kappa shape index (κ2) is 8.11. The van der Waals surface area contributed by atoms with Crippen LogP contribution < -0.4 is 10.2 Å². The summed E-state index contributed by atoms with van der Waals surface area (Å²) < 4.78 is 5.30. The molecule has 0 aromatic carbocycles. The Morgan fingerprint density at radius 1 is 1.12 bits per heavy atom. The summed E-state index contributed by atoms with van der Waals surface area (Å²) in [7, 11) is 0. The van der Waals surface area contributed by atoms with Gasteiger partial charge in [-0.25, -0.2) is 9.78 Å². The second-order valence-electron chi connectivity index (χ2n) is 6.14. The van der Waals surface area contributed by atoms with Crippen molar-refractivity contribution in [3.8, 4) is 0 Å². The van der Waals surface area contributed by atoms with Crippen molar-refractivity contribution in [2.24, 2.45) is 0 Å². The van der Waals surface area contributed by atoms with E-state index in [0.717, 1.165) is 32.4 Å². The minimum atomic E-state index is -1.12. The molecule has 2 aliphatic rings. The molecule has 2 saturated heterocycles. The lowest BCUT2D eigenvalue weighted by molar-refractivity contribution is -0.130. The van der Waals surface area contributed by atoms with Gasteiger partial charge in [0.2, 0.25) is 11.9 Å². The zero-order chi connectivity index (χ0) is 17.6. The Hall–Kier alpha value is -2.42. The molecule has 1 aromatic rings. The highest BCUT2D eigenvalue weighted by atomic mass is 16.5. The molecule has 9 nitrogen and oxygen atoms in total. The Bertz CT molecular complexity index is 627. The van der Waals surface area contributed by atoms with Crippen molar-refractivity contribution >= 4 is 23.6 Å². The Morgan fingerprint density at radius 3 is 2.52 bits per heavy atom. The number of hydrogen-bond donors (Lipinski definition) is 2. The maximum absolute atomic E-state index is 12.3. The molecule has 1 aromatic heterocycles. The minimum Gasteiger partial charge on any atom is -0.477 e. The quantitative estimate of drug-likeness (QED) is 0.788. The van der Waals surface area contributed by atoms with Crippen LogP contribution in [-0.2, 0) is 9.53 Å². The van der Waals surface area contributed by atoms with E-state index >= 15 is 0 Å². The molecule has 25 heavy (non-hydrogen) atoms. The van der Waals surface area contributed by atoms with Crippen LogP contribution in [0.3, 0.4) is 0 Å². The van der Waals surface area contributed by atoms with Gasteiger partial charge in [-0.15, -0.1) is 0 Å². The third-order valence-electron chi connectivity index (χ3n) is 4.36. The first-order chi connectivity index (χ1) is 12.1. The van der Waals surface area contributed by atoms with Crippen molar-refractivity contribution in [2.45, 2.75) is 19.3 Å². The standard InChI is InChI=1S/C16H23N5O4/c22-14(20-4-2-1-3-5-20)11-17-13-10-12(15(23)24)18-16(19-13)21-6-8-25-9-7-21/h10H,1-9,11H2,(H,23,24)(H,17,18,19). The summed E-state index contributed by atoms with van der Waals surface area (Å²) in [5.41, 5.74) is -0.0931. The first-order valence-corrected chi connectivity index (χ1v) is 8.60. The van der Waals surface area contributed by atoms with Crippen LogP contribution in [0.5, 0.6) is 0 Å². The van der Waals surface area contributed by atoms with Gasteiger partial charge >= 0.3 is 5.97 Å². The molecule has 0 atom stereocenters. The van der Waals surface area contributed by atoms with Gasteiger partial charge in [-0.2, -0.15) is 4.98 Å². The van der Waals surface area contributed by atoms with E-state index in [1.807, 2.05) is 9.80 Å². The van der Waals surface area contributed by atoms with Gasteiger partial charge in [-0.05, 0) is 19.3 Å². The molecule has 2 aliphatic heterocycles. The monoisotopic (exact) mass is 349 g/mol. The molecular formula is C16H23N5O4. The molecule has 2 N–H and O–H groups in total. The number of likely N-dealkylation sites (tertiary alicyclic amines) is 1. The fourth-order valence-electron chi connectivity index (χ4n) is 2.96. The summed E-state index contributed by atoms with van der Waals surface area (Å²) in [5, 5.41) is 12.2. The van der Waals surface area contributed by atoms with Gasteiger partial charge in [0.15, 0.2) is 5.69 Å². The summed E-state index contributed by atoms with van der Waals surface area (Å²) >= 11 is 0. The first-order valence-electron chi connectivity index (χ1n) is 8.60. The van der Waals surface area contributed by atoms with E-state index in [9.17, 15) is 14.7 Å². The van der Waals surface area contributed by atoms with Gasteiger partial charge in [-0.1, -0.05) is 0 Å². The van der Waals surface area contributed by atoms with Crippen molar-refractivity contribution in [1.29, 1.82) is 0 Å². The van der Waals surface area contributed by atoms with E-state index in [2.05, 4.69) is 15.3 Å². The lowest BCUT2D eigenvalue weighted by Gasteiger charge is -2.28. The van der Waals surface area contributed by atoms with Crippen molar-refractivity contribution in [3.63, 3.8) is 0 Å². The van der Waals surface area contributed by atoms with E-state index in [1.165, 1.54) is 6.07 Å². The molecule has 0 radical (unpaired) electrons. The van der Waals surface area contributed by atoms with Crippen LogP contribution in [0.25, 0.3) is 0 Å². The summed E-state index contributed by atoms with van der Waals surface area (Å²) in [6.07, 6.45) is 3.22. The van der Waals surface area contributed by atoms with Gasteiger partial charge in [0.1, 0.15) is 5.82 Å². The Labute approximate surface area is 146 Å². The Kier molecular flexibility index (Phi) is 5.64. The van der Waals surface area contributed by atoms with Crippen LogP contribution in [0.1, 0.15) is 29.8 Å². The first kappa shape index (κ1) is 17.4. The Balaban J connectivity index is 1.69. The van der Waals surface area contributed by atoms with E-state index in [0.29, 0.717) is 38.1 Å². The van der Waals surface area contributed by atoms with E-state index in [4.69, 9.17) is 4.74 Å². The second-order valence-corrected chi connectivity index (χ2v) is 6.14. The number of nitrogens with zero attached hydrogens (tertiary/aromatic N) is 4. The number of aromatic nitrogens is 2. The number of carboxylic acids is 1. The molecule has 0 saturated carbocycles. The number of nitrogens with one attached hydrogen (secondary N) is 1. The predicted molar refractivity (Wildman–Crippen MR) is 90.9 cm³/mol. The summed E-state index contributed by atoms with van der Waals surface area (Å²) in [4.78, 5) is 35.8. The molecule has 3 rings (SSSR count). The van der Waals surface area contributed by atoms with Gasteiger partial charge in [0.25, 0.3) is 0 Å². The number of piperidine rings is 1. The molecule has 136 valence electrons. The van der Waals surface area contributed by atoms with Gasteiger partial charge in [0.05, 0.1) is 19.8 Å². The number of carboxylic acid groups (broad SMARTS) is 1. The molecule has 0 aliphatic carbocycles. The van der Waals surface area contributed by atoms with Crippen molar-refractivity contribution < 1.29 is 19.4 Å². The zero-order valence-electron chi connectivity index (χ0n) is 14.1. The van der Waals surface area contributed by atoms with Crippen LogP contribution in [0.4, 0.5) is 11.8 Å². The van der Waals surface area contributed by atoms with Crippen LogP contribution in [0, 0.1) is 0 Å². The van der Waals surface area contributed by atoms with Crippen LogP contribution in [-0.4, -0.2) is 77.8 Å². The molecule has 9 heteroatoms. The number of carbonyl (C=O) groups is 2. The maximum atomic E-state index is 12.3. The number of ether oxygens (including phenoxy) is 1. The largest absolute Gasteiger partial charge is 0.477 e. The lowest BCUT2D eigenvalue weighted by atomic mass is 10.1. The number of hydrogen-bond acceptors (Lipinski definition) is 7. The van der Waals surface area contributed by atoms with Crippen LogP contribution in [0.15, 0.2) is 6.07 Å². The lowest BCUT2D eigenvalue weighted by Crippen LogP contribution is -2.39. The average Bonchev–Trinajstić information content (AvgIpc) is 2.67. The molecular weight excluding hydrogens is 326 g/mol. The van der Waals surface area contributed by atoms with Crippen LogP contribution >= 0.6 is 0 Å². The topological polar surface area (TPSA) is 108 Å². The smallest absolute Gasteiger partial charge is 0.354 e. The van der Waals surface area contributed by atoms with Gasteiger partial charge < -0.3 is 25.0 Å². The third kappa shape index (κ3) is 4.56. The van der Waals surface area contributed by atoms with Crippen molar-refractivity contribution in [1.82, 2.24) is 14.9 Å². The molecule has 1 amide bonds. The third-order valence-corrected chi connectivity index (χ3v) is 4.36. The maximum Gasteiger partial charge on any atom is 0.354 e. The van der Waals surface area contributed by atoms with Crippen molar-refractivity contribution in [3.05, 3.63) is 11.8 Å². The predicted octanol–water partition coefficient (Wildman–Crippen LogP) is 0.436. The summed E-state index contributed by atoms with van der Waals surface area (Å²) in [5.74, 6) is -0.430. The fourth-order valence-corrected chi connectivity index (χ4v) is 2.96. The van der Waals surface area contributed by atoms with E-state index < -0.39 is 5.97 Å². The normalized spacial score (nSPS) is 18.1. The molecule has 0 spiro atoms. The number of amides is 1.